The van der Waals surface area contributed by atoms with E-state index in [2.05, 4.69) is 38.6 Å². The van der Waals surface area contributed by atoms with Gasteiger partial charge in [-0.05, 0) is 43.6 Å². The van der Waals surface area contributed by atoms with Gasteiger partial charge in [0.2, 0.25) is 5.96 Å². The third-order valence-corrected chi connectivity index (χ3v) is 4.77. The van der Waals surface area contributed by atoms with E-state index < -0.39 is 0 Å². The summed E-state index contributed by atoms with van der Waals surface area (Å²) in [6.07, 6.45) is 9.35. The van der Waals surface area contributed by atoms with Crippen molar-refractivity contribution in [3.05, 3.63) is 23.5 Å². The highest BCUT2D eigenvalue weighted by Gasteiger charge is 2.43. The van der Waals surface area contributed by atoms with E-state index in [0.29, 0.717) is 5.92 Å². The Hall–Kier alpha value is -2.18. The number of nitrogens with two attached hydrogens (primary N) is 2. The zero-order valence-corrected chi connectivity index (χ0v) is 12.2. The first-order valence-corrected chi connectivity index (χ1v) is 7.32. The van der Waals surface area contributed by atoms with Crippen molar-refractivity contribution in [2.45, 2.75) is 44.9 Å². The van der Waals surface area contributed by atoms with Crippen LogP contribution in [0.15, 0.2) is 28.0 Å². The molecule has 7 heteroatoms. The second-order valence-electron chi connectivity index (χ2n) is 6.04. The summed E-state index contributed by atoms with van der Waals surface area (Å²) in [6.45, 7) is 2.33. The van der Waals surface area contributed by atoms with Crippen LogP contribution in [0.2, 0.25) is 0 Å². The average Bonchev–Trinajstić information content (AvgIpc) is 2.98. The van der Waals surface area contributed by atoms with Gasteiger partial charge in [0.15, 0.2) is 0 Å². The topological polar surface area (TPSA) is 118 Å². The largest absolute Gasteiger partial charge is 0.369 e. The Bertz CT molecular complexity index is 595. The minimum absolute atomic E-state index is 0.00152. The minimum atomic E-state index is -0.00152. The normalized spacial score (nSPS) is 30.6. The standard InChI is InChI=1S/C14H21N7/c1-14-6-5-10(18-20-13(15)16)7-9(14)3-2-4-11(14)12-8-17-21-19-12/h7-8,11H,2-6H2,1H3,(H4,15,16,20)(H,17,19,21)/b18-10+/t11-,14+/m1/s1. The lowest BCUT2D eigenvalue weighted by Crippen LogP contribution is -2.35. The fraction of sp³-hybridized carbons (Fsp3) is 0.571. The van der Waals surface area contributed by atoms with Crippen molar-refractivity contribution in [3.8, 4) is 0 Å². The number of H-pyrrole nitrogens is 1. The van der Waals surface area contributed by atoms with Gasteiger partial charge in [-0.25, -0.2) is 0 Å². The van der Waals surface area contributed by atoms with Crippen LogP contribution < -0.4 is 11.5 Å². The van der Waals surface area contributed by atoms with Gasteiger partial charge in [0.1, 0.15) is 0 Å². The van der Waals surface area contributed by atoms with Crippen LogP contribution in [0.25, 0.3) is 0 Å². The Morgan fingerprint density at radius 3 is 3.00 bits per heavy atom. The van der Waals surface area contributed by atoms with Crippen molar-refractivity contribution in [1.82, 2.24) is 15.4 Å². The van der Waals surface area contributed by atoms with Crippen molar-refractivity contribution in [2.75, 3.05) is 0 Å². The number of hydrogen-bond acceptors (Lipinski definition) is 4. The van der Waals surface area contributed by atoms with E-state index in [1.165, 1.54) is 5.57 Å². The molecule has 1 aromatic heterocycles. The van der Waals surface area contributed by atoms with Crippen molar-refractivity contribution in [2.24, 2.45) is 27.1 Å². The molecule has 1 saturated carbocycles. The number of nitrogens with zero attached hydrogens (tertiary/aromatic N) is 4. The van der Waals surface area contributed by atoms with E-state index in [4.69, 9.17) is 11.5 Å². The molecule has 0 radical (unpaired) electrons. The van der Waals surface area contributed by atoms with Crippen LogP contribution in [0.3, 0.4) is 0 Å². The zero-order valence-electron chi connectivity index (χ0n) is 12.2. The first kappa shape index (κ1) is 13.8. The van der Waals surface area contributed by atoms with Gasteiger partial charge in [0.05, 0.1) is 17.6 Å². The Morgan fingerprint density at radius 2 is 2.29 bits per heavy atom. The summed E-state index contributed by atoms with van der Waals surface area (Å²) < 4.78 is 0. The highest BCUT2D eigenvalue weighted by Crippen LogP contribution is 2.54. The molecular weight excluding hydrogens is 266 g/mol. The molecule has 0 aromatic carbocycles. The predicted octanol–water partition coefficient (Wildman–Crippen LogP) is 1.43. The van der Waals surface area contributed by atoms with Crippen molar-refractivity contribution < 1.29 is 0 Å². The number of aromatic nitrogens is 3. The molecule has 0 bridgehead atoms. The summed E-state index contributed by atoms with van der Waals surface area (Å²) in [4.78, 5) is 0. The van der Waals surface area contributed by atoms with Crippen LogP contribution in [0.4, 0.5) is 0 Å². The lowest BCUT2D eigenvalue weighted by Gasteiger charge is -2.45. The van der Waals surface area contributed by atoms with Gasteiger partial charge in [0, 0.05) is 5.92 Å². The number of guanidine groups is 1. The molecule has 0 spiro atoms. The predicted molar refractivity (Wildman–Crippen MR) is 81.6 cm³/mol. The molecule has 0 saturated heterocycles. The second-order valence-corrected chi connectivity index (χ2v) is 6.04. The molecule has 1 heterocycles. The van der Waals surface area contributed by atoms with Crippen LogP contribution >= 0.6 is 0 Å². The van der Waals surface area contributed by atoms with E-state index in [1.807, 2.05) is 6.20 Å². The smallest absolute Gasteiger partial charge is 0.211 e. The average molecular weight is 287 g/mol. The summed E-state index contributed by atoms with van der Waals surface area (Å²) in [6, 6.07) is 0. The first-order valence-electron chi connectivity index (χ1n) is 7.32. The highest BCUT2D eigenvalue weighted by atomic mass is 15.3. The van der Waals surface area contributed by atoms with Crippen LogP contribution in [-0.2, 0) is 0 Å². The number of fused-ring (bicyclic) bond motifs is 1. The molecule has 1 aromatic rings. The Balaban J connectivity index is 1.92. The van der Waals surface area contributed by atoms with Gasteiger partial charge in [-0.15, -0.1) is 5.10 Å². The maximum Gasteiger partial charge on any atom is 0.211 e. The summed E-state index contributed by atoms with van der Waals surface area (Å²) in [5.41, 5.74) is 14.2. The van der Waals surface area contributed by atoms with E-state index in [9.17, 15) is 0 Å². The molecule has 112 valence electrons. The van der Waals surface area contributed by atoms with Crippen molar-refractivity contribution >= 4 is 11.7 Å². The lowest BCUT2D eigenvalue weighted by molar-refractivity contribution is 0.230. The second kappa shape index (κ2) is 5.31. The molecule has 1 fully saturated rings. The van der Waals surface area contributed by atoms with Gasteiger partial charge in [-0.3, -0.25) is 0 Å². The van der Waals surface area contributed by atoms with Crippen LogP contribution in [0.5, 0.6) is 0 Å². The molecule has 0 aliphatic heterocycles. The van der Waals surface area contributed by atoms with E-state index in [-0.39, 0.29) is 11.4 Å². The van der Waals surface area contributed by atoms with Crippen molar-refractivity contribution in [1.29, 1.82) is 0 Å². The molecule has 3 rings (SSSR count). The zero-order chi connectivity index (χ0) is 14.9. The third-order valence-electron chi connectivity index (χ3n) is 4.77. The quantitative estimate of drug-likeness (QED) is 0.433. The molecule has 21 heavy (non-hydrogen) atoms. The monoisotopic (exact) mass is 287 g/mol. The maximum atomic E-state index is 5.33. The number of allylic oxidation sites excluding steroid dienone is 2. The number of nitrogens with one attached hydrogen (secondary N) is 1. The van der Waals surface area contributed by atoms with Crippen LogP contribution in [0, 0.1) is 5.41 Å². The lowest BCUT2D eigenvalue weighted by atomic mass is 9.59. The van der Waals surface area contributed by atoms with E-state index >= 15 is 0 Å². The SMILES string of the molecule is C[C@]12CC/C(=N\N=C(N)N)C=C1CCC[C@@H]2c1cn[nH]n1. The van der Waals surface area contributed by atoms with Crippen molar-refractivity contribution in [3.63, 3.8) is 0 Å². The summed E-state index contributed by atoms with van der Waals surface area (Å²) >= 11 is 0. The number of aromatic amines is 1. The number of hydrogen-bond donors (Lipinski definition) is 3. The molecule has 5 N–H and O–H groups in total. The van der Waals surface area contributed by atoms with Gasteiger partial charge in [-0.1, -0.05) is 12.5 Å². The summed E-state index contributed by atoms with van der Waals surface area (Å²) in [7, 11) is 0. The fourth-order valence-corrected chi connectivity index (χ4v) is 3.61. The van der Waals surface area contributed by atoms with Gasteiger partial charge in [-0.2, -0.15) is 20.5 Å². The molecular formula is C14H21N7. The fourth-order valence-electron chi connectivity index (χ4n) is 3.61. The molecule has 2 aliphatic rings. The summed E-state index contributed by atoms with van der Waals surface area (Å²) in [5.74, 6) is 0.416. The highest BCUT2D eigenvalue weighted by molar-refractivity contribution is 5.97. The van der Waals surface area contributed by atoms with Gasteiger partial charge >= 0.3 is 0 Å². The van der Waals surface area contributed by atoms with E-state index in [1.54, 1.807) is 0 Å². The molecule has 2 aliphatic carbocycles. The number of rotatable bonds is 2. The van der Waals surface area contributed by atoms with Gasteiger partial charge in [0.25, 0.3) is 0 Å². The Morgan fingerprint density at radius 1 is 1.43 bits per heavy atom. The molecule has 2 atom stereocenters. The molecule has 7 nitrogen and oxygen atoms in total. The third kappa shape index (κ3) is 2.55. The first-order chi connectivity index (χ1) is 10.1. The molecule has 0 amide bonds. The Labute approximate surface area is 123 Å². The van der Waals surface area contributed by atoms with Crippen LogP contribution in [-0.4, -0.2) is 27.1 Å². The van der Waals surface area contributed by atoms with Gasteiger partial charge < -0.3 is 11.5 Å². The minimum Gasteiger partial charge on any atom is -0.369 e. The Kier molecular flexibility index (Phi) is 3.48. The molecule has 0 unspecified atom stereocenters. The maximum absolute atomic E-state index is 5.33. The van der Waals surface area contributed by atoms with E-state index in [0.717, 1.165) is 43.5 Å². The van der Waals surface area contributed by atoms with Crippen LogP contribution in [0.1, 0.15) is 50.6 Å². The summed E-state index contributed by atoms with van der Waals surface area (Å²) in [5, 5.41) is 18.9.